The molecule has 0 spiro atoms. The van der Waals surface area contributed by atoms with Gasteiger partial charge in [-0.2, -0.15) is 0 Å². The molecule has 1 saturated carbocycles. The number of rotatable bonds is 5. The first-order valence-electron chi connectivity index (χ1n) is 5.82. The van der Waals surface area contributed by atoms with Gasteiger partial charge in [-0.05, 0) is 43.0 Å². The van der Waals surface area contributed by atoms with Crippen LogP contribution < -0.4 is 4.72 Å². The minimum absolute atomic E-state index is 0.0768. The highest BCUT2D eigenvalue weighted by Crippen LogP contribution is 2.25. The number of hydrogen-bond acceptors (Lipinski definition) is 3. The highest BCUT2D eigenvalue weighted by molar-refractivity contribution is 7.89. The Morgan fingerprint density at radius 2 is 1.89 bits per heavy atom. The van der Waals surface area contributed by atoms with Crippen molar-refractivity contribution in [3.05, 3.63) is 29.8 Å². The highest BCUT2D eigenvalue weighted by Gasteiger charge is 2.21. The highest BCUT2D eigenvalue weighted by atomic mass is 32.2. The van der Waals surface area contributed by atoms with E-state index in [4.69, 9.17) is 5.11 Å². The Hall–Kier alpha value is -1.40. The van der Waals surface area contributed by atoms with Crippen LogP contribution in [0.5, 0.6) is 0 Å². The van der Waals surface area contributed by atoms with Gasteiger partial charge in [-0.1, -0.05) is 6.42 Å². The average Bonchev–Trinajstić information content (AvgIpc) is 2.27. The molecule has 0 aliphatic heterocycles. The number of hydrogen-bond donors (Lipinski definition) is 2. The van der Waals surface area contributed by atoms with Gasteiger partial charge in [0, 0.05) is 6.54 Å². The zero-order valence-electron chi connectivity index (χ0n) is 9.80. The number of carboxylic acid groups (broad SMARTS) is 1. The first-order chi connectivity index (χ1) is 8.49. The minimum atomic E-state index is -3.52. The molecule has 0 atom stereocenters. The van der Waals surface area contributed by atoms with E-state index in [0.717, 1.165) is 12.8 Å². The Morgan fingerprint density at radius 3 is 2.33 bits per heavy atom. The topological polar surface area (TPSA) is 83.5 Å². The second-order valence-corrected chi connectivity index (χ2v) is 6.25. The maximum atomic E-state index is 11.9. The average molecular weight is 269 g/mol. The maximum absolute atomic E-state index is 11.9. The molecule has 0 heterocycles. The lowest BCUT2D eigenvalue weighted by Gasteiger charge is -2.25. The Bertz CT molecular complexity index is 532. The third kappa shape index (κ3) is 2.88. The van der Waals surface area contributed by atoms with Crippen LogP contribution in [-0.2, 0) is 10.0 Å². The van der Waals surface area contributed by atoms with Gasteiger partial charge in [0.1, 0.15) is 0 Å². The fourth-order valence-electron chi connectivity index (χ4n) is 1.78. The van der Waals surface area contributed by atoms with Crippen molar-refractivity contribution in [1.29, 1.82) is 0 Å². The van der Waals surface area contributed by atoms with E-state index in [0.29, 0.717) is 12.5 Å². The summed E-state index contributed by atoms with van der Waals surface area (Å²) in [6, 6.07) is 5.21. The summed E-state index contributed by atoms with van der Waals surface area (Å²) in [5, 5.41) is 8.73. The molecule has 0 aromatic heterocycles. The fraction of sp³-hybridized carbons (Fsp3) is 0.417. The molecule has 1 aliphatic rings. The number of sulfonamides is 1. The van der Waals surface area contributed by atoms with Crippen LogP contribution in [0, 0.1) is 5.92 Å². The molecule has 2 N–H and O–H groups in total. The predicted octanol–water partition coefficient (Wildman–Crippen LogP) is 1.46. The lowest BCUT2D eigenvalue weighted by molar-refractivity contribution is 0.0697. The summed E-state index contributed by atoms with van der Waals surface area (Å²) >= 11 is 0. The Balaban J connectivity index is 2.06. The third-order valence-electron chi connectivity index (χ3n) is 3.20. The van der Waals surface area contributed by atoms with Crippen LogP contribution in [0.15, 0.2) is 29.2 Å². The van der Waals surface area contributed by atoms with Gasteiger partial charge >= 0.3 is 5.97 Å². The summed E-state index contributed by atoms with van der Waals surface area (Å²) < 4.78 is 26.3. The van der Waals surface area contributed by atoms with E-state index < -0.39 is 16.0 Å². The molecule has 1 aromatic rings. The predicted molar refractivity (Wildman–Crippen MR) is 65.9 cm³/mol. The van der Waals surface area contributed by atoms with E-state index in [1.807, 2.05) is 0 Å². The standard InChI is InChI=1S/C12H15NO4S/c14-12(15)10-4-6-11(7-5-10)18(16,17)13-8-9-2-1-3-9/h4-7,9,13H,1-3,8H2,(H,14,15). The van der Waals surface area contributed by atoms with Crippen molar-refractivity contribution in [3.8, 4) is 0 Å². The molecule has 18 heavy (non-hydrogen) atoms. The normalized spacial score (nSPS) is 16.2. The summed E-state index contributed by atoms with van der Waals surface area (Å²) in [6.45, 7) is 0.461. The minimum Gasteiger partial charge on any atom is -0.478 e. The molecule has 5 nitrogen and oxygen atoms in total. The number of carbonyl (C=O) groups is 1. The molecule has 1 aromatic carbocycles. The van der Waals surface area contributed by atoms with Crippen molar-refractivity contribution in [2.24, 2.45) is 5.92 Å². The Morgan fingerprint density at radius 1 is 1.28 bits per heavy atom. The molecule has 1 aliphatic carbocycles. The van der Waals surface area contributed by atoms with Gasteiger partial charge in [0.05, 0.1) is 10.5 Å². The van der Waals surface area contributed by atoms with E-state index >= 15 is 0 Å². The van der Waals surface area contributed by atoms with Crippen molar-refractivity contribution < 1.29 is 18.3 Å². The van der Waals surface area contributed by atoms with Gasteiger partial charge in [0.2, 0.25) is 10.0 Å². The first kappa shape index (κ1) is 13.0. The van der Waals surface area contributed by atoms with Crippen molar-refractivity contribution in [1.82, 2.24) is 4.72 Å². The number of carboxylic acids is 1. The van der Waals surface area contributed by atoms with Crippen molar-refractivity contribution in [2.75, 3.05) is 6.54 Å². The number of aromatic carboxylic acids is 1. The molecule has 0 amide bonds. The molecule has 0 radical (unpaired) electrons. The maximum Gasteiger partial charge on any atom is 0.335 e. The smallest absolute Gasteiger partial charge is 0.335 e. The van der Waals surface area contributed by atoms with E-state index in [-0.39, 0.29) is 10.5 Å². The second-order valence-electron chi connectivity index (χ2n) is 4.48. The Labute approximate surface area is 106 Å². The van der Waals surface area contributed by atoms with Gasteiger partial charge in [-0.25, -0.2) is 17.9 Å². The zero-order chi connectivity index (χ0) is 13.2. The third-order valence-corrected chi connectivity index (χ3v) is 4.64. The van der Waals surface area contributed by atoms with E-state index in [1.165, 1.54) is 30.7 Å². The quantitative estimate of drug-likeness (QED) is 0.847. The van der Waals surface area contributed by atoms with Crippen LogP contribution in [0.3, 0.4) is 0 Å². The van der Waals surface area contributed by atoms with Crippen molar-refractivity contribution in [2.45, 2.75) is 24.2 Å². The van der Waals surface area contributed by atoms with Crippen molar-refractivity contribution in [3.63, 3.8) is 0 Å². The summed E-state index contributed by atoms with van der Waals surface area (Å²) in [5.74, 6) is -0.626. The van der Waals surface area contributed by atoms with Gasteiger partial charge in [0.15, 0.2) is 0 Å². The van der Waals surface area contributed by atoms with Gasteiger partial charge < -0.3 is 5.11 Å². The molecular weight excluding hydrogens is 254 g/mol. The van der Waals surface area contributed by atoms with E-state index in [9.17, 15) is 13.2 Å². The zero-order valence-corrected chi connectivity index (χ0v) is 10.6. The van der Waals surface area contributed by atoms with Gasteiger partial charge in [0.25, 0.3) is 0 Å². The summed E-state index contributed by atoms with van der Waals surface area (Å²) in [6.07, 6.45) is 3.31. The Kier molecular flexibility index (Phi) is 3.68. The van der Waals surface area contributed by atoms with Gasteiger partial charge in [-0.15, -0.1) is 0 Å². The largest absolute Gasteiger partial charge is 0.478 e. The molecular formula is C12H15NO4S. The van der Waals surface area contributed by atoms with Crippen LogP contribution in [0.25, 0.3) is 0 Å². The van der Waals surface area contributed by atoms with E-state index in [2.05, 4.69) is 4.72 Å². The number of benzene rings is 1. The van der Waals surface area contributed by atoms with Crippen LogP contribution in [0.4, 0.5) is 0 Å². The first-order valence-corrected chi connectivity index (χ1v) is 7.30. The van der Waals surface area contributed by atoms with Crippen LogP contribution in [-0.4, -0.2) is 26.0 Å². The SMILES string of the molecule is O=C(O)c1ccc(S(=O)(=O)NCC2CCC2)cc1. The molecule has 2 rings (SSSR count). The molecule has 6 heteroatoms. The monoisotopic (exact) mass is 269 g/mol. The van der Waals surface area contributed by atoms with Crippen LogP contribution in [0.1, 0.15) is 29.6 Å². The summed E-state index contributed by atoms with van der Waals surface area (Å²) in [7, 11) is -3.52. The van der Waals surface area contributed by atoms with E-state index in [1.54, 1.807) is 0 Å². The lowest BCUT2D eigenvalue weighted by Crippen LogP contribution is -2.32. The molecule has 0 saturated heterocycles. The summed E-state index contributed by atoms with van der Waals surface area (Å²) in [4.78, 5) is 10.8. The lowest BCUT2D eigenvalue weighted by atomic mass is 9.86. The van der Waals surface area contributed by atoms with Gasteiger partial charge in [-0.3, -0.25) is 0 Å². The molecule has 98 valence electrons. The van der Waals surface area contributed by atoms with Crippen molar-refractivity contribution >= 4 is 16.0 Å². The fourth-order valence-corrected chi connectivity index (χ4v) is 2.90. The van der Waals surface area contributed by atoms with Crippen LogP contribution in [0.2, 0.25) is 0 Å². The van der Waals surface area contributed by atoms with Crippen LogP contribution >= 0.6 is 0 Å². The number of nitrogens with one attached hydrogen (secondary N) is 1. The second kappa shape index (κ2) is 5.07. The summed E-state index contributed by atoms with van der Waals surface area (Å²) in [5.41, 5.74) is 0.0768. The molecule has 1 fully saturated rings. The molecule has 0 bridgehead atoms. The molecule has 0 unspecified atom stereocenters.